The first-order valence-electron chi connectivity index (χ1n) is 9.11. The molecule has 0 bridgehead atoms. The van der Waals surface area contributed by atoms with Crippen molar-refractivity contribution in [2.75, 3.05) is 0 Å². The van der Waals surface area contributed by atoms with Crippen LogP contribution in [0, 0.1) is 5.41 Å². The van der Waals surface area contributed by atoms with Gasteiger partial charge in [0.2, 0.25) is 0 Å². The van der Waals surface area contributed by atoms with Gasteiger partial charge in [-0.25, -0.2) is 9.67 Å². The van der Waals surface area contributed by atoms with E-state index in [1.807, 2.05) is 0 Å². The molecule has 2 N–H and O–H groups in total. The number of aromatic amines is 1. The number of aromatic nitrogens is 4. The molecule has 1 atom stereocenters. The highest BCUT2D eigenvalue weighted by Crippen LogP contribution is 2.47. The molecule has 1 aromatic carbocycles. The Hall–Kier alpha value is -2.61. The van der Waals surface area contributed by atoms with Gasteiger partial charge in [-0.15, -0.1) is 0 Å². The number of imidazole rings is 1. The van der Waals surface area contributed by atoms with Crippen molar-refractivity contribution in [2.24, 2.45) is 5.41 Å². The van der Waals surface area contributed by atoms with Gasteiger partial charge in [0.1, 0.15) is 5.82 Å². The molecule has 0 aliphatic heterocycles. The molecule has 3 aromatic rings. The summed E-state index contributed by atoms with van der Waals surface area (Å²) in [5.41, 5.74) is -1.73. The molecule has 2 aromatic heterocycles. The molecule has 2 heterocycles. The summed E-state index contributed by atoms with van der Waals surface area (Å²) in [7, 11) is 0. The summed E-state index contributed by atoms with van der Waals surface area (Å²) >= 11 is 0. The lowest BCUT2D eigenvalue weighted by Crippen LogP contribution is -2.44. The van der Waals surface area contributed by atoms with Crippen LogP contribution in [-0.4, -0.2) is 31.0 Å². The molecule has 4 rings (SSSR count). The van der Waals surface area contributed by atoms with Crippen molar-refractivity contribution in [3.8, 4) is 5.69 Å². The van der Waals surface area contributed by atoms with Crippen LogP contribution in [0.5, 0.6) is 0 Å². The number of nitrogens with zero attached hydrogens (tertiary/aromatic N) is 3. The van der Waals surface area contributed by atoms with Crippen molar-refractivity contribution in [3.05, 3.63) is 66.0 Å². The number of hydrogen-bond donors (Lipinski definition) is 2. The first kappa shape index (κ1) is 18.7. The number of alkyl halides is 3. The third-order valence-corrected chi connectivity index (χ3v) is 5.40. The molecular weight excluding hydrogens is 369 g/mol. The zero-order valence-corrected chi connectivity index (χ0v) is 15.4. The molecule has 148 valence electrons. The van der Waals surface area contributed by atoms with Crippen LogP contribution < -0.4 is 0 Å². The monoisotopic (exact) mass is 390 g/mol. The predicted octanol–water partition coefficient (Wildman–Crippen LogP) is 3.93. The van der Waals surface area contributed by atoms with Crippen LogP contribution in [0.3, 0.4) is 0 Å². The third kappa shape index (κ3) is 3.56. The van der Waals surface area contributed by atoms with Gasteiger partial charge in [-0.1, -0.05) is 19.1 Å². The quantitative estimate of drug-likeness (QED) is 0.670. The molecular formula is C20H21F3N4O. The highest BCUT2D eigenvalue weighted by Gasteiger charge is 2.55. The Kier molecular flexibility index (Phi) is 4.33. The Balaban J connectivity index is 1.60. The number of halogens is 3. The van der Waals surface area contributed by atoms with Gasteiger partial charge >= 0.3 is 6.18 Å². The molecule has 0 radical (unpaired) electrons. The topological polar surface area (TPSA) is 66.7 Å². The first-order valence-corrected chi connectivity index (χ1v) is 9.11. The molecule has 0 saturated heterocycles. The van der Waals surface area contributed by atoms with Gasteiger partial charge in [-0.2, -0.15) is 18.3 Å². The summed E-state index contributed by atoms with van der Waals surface area (Å²) < 4.78 is 43.0. The number of hydrogen-bond acceptors (Lipinski definition) is 3. The molecule has 1 aliphatic carbocycles. The Morgan fingerprint density at radius 2 is 1.93 bits per heavy atom. The lowest BCUT2D eigenvalue weighted by molar-refractivity contribution is -0.266. The number of H-pyrrole nitrogens is 1. The van der Waals surface area contributed by atoms with Gasteiger partial charge in [-0.05, 0) is 48.4 Å². The Bertz CT molecular complexity index is 943. The summed E-state index contributed by atoms with van der Waals surface area (Å²) in [6.07, 6.45) is 2.31. The van der Waals surface area contributed by atoms with E-state index in [1.165, 1.54) is 28.9 Å². The SMILES string of the molecule is CC1(Cc2c[nH]c(CC(O)(c3ccc(-n4cccn4)cc3)C(F)(F)F)n2)CC1. The fraction of sp³-hybridized carbons (Fsp3) is 0.400. The van der Waals surface area contributed by atoms with E-state index in [2.05, 4.69) is 22.0 Å². The van der Waals surface area contributed by atoms with E-state index in [0.717, 1.165) is 25.0 Å². The van der Waals surface area contributed by atoms with Gasteiger partial charge in [-0.3, -0.25) is 0 Å². The number of aliphatic hydroxyl groups is 1. The van der Waals surface area contributed by atoms with Gasteiger partial charge in [0.25, 0.3) is 0 Å². The highest BCUT2D eigenvalue weighted by molar-refractivity contribution is 5.37. The van der Waals surface area contributed by atoms with E-state index in [0.29, 0.717) is 5.69 Å². The van der Waals surface area contributed by atoms with Crippen LogP contribution in [0.2, 0.25) is 0 Å². The lowest BCUT2D eigenvalue weighted by atomic mass is 9.89. The number of benzene rings is 1. The summed E-state index contributed by atoms with van der Waals surface area (Å²) in [4.78, 5) is 7.09. The normalized spacial score (nSPS) is 18.0. The second-order valence-corrected chi connectivity index (χ2v) is 7.86. The summed E-state index contributed by atoms with van der Waals surface area (Å²) in [5, 5.41) is 14.7. The predicted molar refractivity (Wildman–Crippen MR) is 96.9 cm³/mol. The average molecular weight is 390 g/mol. The molecule has 1 saturated carbocycles. The molecule has 28 heavy (non-hydrogen) atoms. The van der Waals surface area contributed by atoms with Crippen molar-refractivity contribution in [1.29, 1.82) is 0 Å². The molecule has 0 spiro atoms. The molecule has 1 aliphatic rings. The molecule has 0 amide bonds. The van der Waals surface area contributed by atoms with Gasteiger partial charge in [0.05, 0.1) is 11.4 Å². The van der Waals surface area contributed by atoms with Gasteiger partial charge in [0.15, 0.2) is 5.60 Å². The summed E-state index contributed by atoms with van der Waals surface area (Å²) in [6, 6.07) is 7.27. The van der Waals surface area contributed by atoms with Crippen LogP contribution in [0.25, 0.3) is 5.69 Å². The summed E-state index contributed by atoms with van der Waals surface area (Å²) in [6.45, 7) is 2.13. The van der Waals surface area contributed by atoms with E-state index in [-0.39, 0.29) is 16.8 Å². The minimum absolute atomic E-state index is 0.121. The van der Waals surface area contributed by atoms with E-state index < -0.39 is 18.2 Å². The van der Waals surface area contributed by atoms with Crippen molar-refractivity contribution < 1.29 is 18.3 Å². The molecule has 1 fully saturated rings. The minimum atomic E-state index is -4.85. The van der Waals surface area contributed by atoms with Crippen LogP contribution in [0.1, 0.15) is 36.8 Å². The Morgan fingerprint density at radius 1 is 1.21 bits per heavy atom. The van der Waals surface area contributed by atoms with Gasteiger partial charge < -0.3 is 10.1 Å². The van der Waals surface area contributed by atoms with Crippen molar-refractivity contribution in [3.63, 3.8) is 0 Å². The van der Waals surface area contributed by atoms with E-state index in [4.69, 9.17) is 0 Å². The standard InChI is InChI=1S/C20H21F3N4O/c1-18(7-8-18)11-15-13-24-17(26-15)12-19(28,20(21,22)23)14-3-5-16(6-4-14)27-10-2-9-25-27/h2-6,9-10,13,28H,7-8,11-12H2,1H3,(H,24,26). The Labute approximate surface area is 160 Å². The Morgan fingerprint density at radius 3 is 2.50 bits per heavy atom. The van der Waals surface area contributed by atoms with Crippen molar-refractivity contribution >= 4 is 0 Å². The number of rotatable bonds is 6. The fourth-order valence-electron chi connectivity index (χ4n) is 3.33. The third-order valence-electron chi connectivity index (χ3n) is 5.40. The minimum Gasteiger partial charge on any atom is -0.376 e. The van der Waals surface area contributed by atoms with E-state index in [1.54, 1.807) is 24.7 Å². The average Bonchev–Trinajstić information content (AvgIpc) is 3.05. The maximum absolute atomic E-state index is 13.8. The summed E-state index contributed by atoms with van der Waals surface area (Å²) in [5.74, 6) is 0.121. The maximum Gasteiger partial charge on any atom is 0.421 e. The first-order chi connectivity index (χ1) is 13.2. The van der Waals surface area contributed by atoms with E-state index >= 15 is 0 Å². The molecule has 5 nitrogen and oxygen atoms in total. The zero-order valence-electron chi connectivity index (χ0n) is 15.4. The fourth-order valence-corrected chi connectivity index (χ4v) is 3.33. The maximum atomic E-state index is 13.8. The van der Waals surface area contributed by atoms with Crippen molar-refractivity contribution in [2.45, 2.75) is 44.4 Å². The number of nitrogens with one attached hydrogen (secondary N) is 1. The molecule has 8 heteroatoms. The van der Waals surface area contributed by atoms with Crippen molar-refractivity contribution in [1.82, 2.24) is 19.7 Å². The second-order valence-electron chi connectivity index (χ2n) is 7.86. The highest BCUT2D eigenvalue weighted by atomic mass is 19.4. The van der Waals surface area contributed by atoms with Crippen LogP contribution in [-0.2, 0) is 18.4 Å². The second kappa shape index (κ2) is 6.48. The van der Waals surface area contributed by atoms with Crippen LogP contribution in [0.4, 0.5) is 13.2 Å². The van der Waals surface area contributed by atoms with Crippen LogP contribution >= 0.6 is 0 Å². The largest absolute Gasteiger partial charge is 0.421 e. The lowest BCUT2D eigenvalue weighted by Gasteiger charge is -2.30. The smallest absolute Gasteiger partial charge is 0.376 e. The zero-order chi connectivity index (χ0) is 20.0. The van der Waals surface area contributed by atoms with Crippen LogP contribution in [0.15, 0.2) is 48.9 Å². The van der Waals surface area contributed by atoms with Gasteiger partial charge in [0, 0.05) is 25.0 Å². The van der Waals surface area contributed by atoms with E-state index in [9.17, 15) is 18.3 Å². The molecule has 1 unspecified atom stereocenters.